The van der Waals surface area contributed by atoms with Gasteiger partial charge in [-0.05, 0) is 18.2 Å². The maximum atomic E-state index is 11.2. The van der Waals surface area contributed by atoms with Gasteiger partial charge in [-0.3, -0.25) is 4.98 Å². The second-order valence-corrected chi connectivity index (χ2v) is 4.34. The molecular formula is C13H9N5O. The molecular weight excluding hydrogens is 242 g/mol. The van der Waals surface area contributed by atoms with Gasteiger partial charge in [0.25, 0.3) is 0 Å². The van der Waals surface area contributed by atoms with E-state index in [0.29, 0.717) is 11.2 Å². The Morgan fingerprint density at radius 3 is 2.63 bits per heavy atom. The minimum Gasteiger partial charge on any atom is -0.346 e. The molecule has 0 bridgehead atoms. The van der Waals surface area contributed by atoms with E-state index >= 15 is 0 Å². The Labute approximate surface area is 106 Å². The fraction of sp³-hybridized carbons (Fsp3) is 0. The number of rotatable bonds is 1. The summed E-state index contributed by atoms with van der Waals surface area (Å²) in [4.78, 5) is 28.1. The van der Waals surface area contributed by atoms with Crippen molar-refractivity contribution in [3.05, 3.63) is 47.3 Å². The molecule has 0 aromatic carbocycles. The van der Waals surface area contributed by atoms with Gasteiger partial charge in [0.1, 0.15) is 5.65 Å². The maximum Gasteiger partial charge on any atom is 0.325 e. The lowest BCUT2D eigenvalue weighted by molar-refractivity contribution is 1.20. The van der Waals surface area contributed by atoms with E-state index in [1.54, 1.807) is 12.4 Å². The summed E-state index contributed by atoms with van der Waals surface area (Å²) in [7, 11) is 0. The van der Waals surface area contributed by atoms with E-state index in [4.69, 9.17) is 0 Å². The second-order valence-electron chi connectivity index (χ2n) is 4.34. The summed E-state index contributed by atoms with van der Waals surface area (Å²) in [6.45, 7) is 0. The smallest absolute Gasteiger partial charge is 0.325 e. The van der Waals surface area contributed by atoms with Crippen LogP contribution in [0.2, 0.25) is 0 Å². The largest absolute Gasteiger partial charge is 0.346 e. The summed E-state index contributed by atoms with van der Waals surface area (Å²) < 4.78 is 0. The number of imidazole rings is 1. The van der Waals surface area contributed by atoms with Crippen LogP contribution in [-0.2, 0) is 0 Å². The zero-order valence-corrected chi connectivity index (χ0v) is 9.77. The quantitative estimate of drug-likeness (QED) is 0.481. The Bertz CT molecular complexity index is 946. The fourth-order valence-corrected chi connectivity index (χ4v) is 2.18. The molecule has 0 saturated heterocycles. The van der Waals surface area contributed by atoms with Gasteiger partial charge in [0.15, 0.2) is 5.65 Å². The molecule has 92 valence electrons. The summed E-state index contributed by atoms with van der Waals surface area (Å²) in [5, 5.41) is 1.04. The molecule has 4 heterocycles. The lowest BCUT2D eigenvalue weighted by Crippen LogP contribution is -1.99. The molecule has 0 fully saturated rings. The standard InChI is InChI=1S/C13H9N5O/c19-13-17-10-4-9(6-16-12(10)18-13)8-3-7-1-2-14-11(7)15-5-8/h1-6H,(H,14,15)(H2,16,17,18,19). The highest BCUT2D eigenvalue weighted by Crippen LogP contribution is 2.23. The molecule has 0 amide bonds. The molecule has 19 heavy (non-hydrogen) atoms. The van der Waals surface area contributed by atoms with Gasteiger partial charge in [0.05, 0.1) is 5.52 Å². The Kier molecular flexibility index (Phi) is 1.88. The van der Waals surface area contributed by atoms with E-state index in [2.05, 4.69) is 24.9 Å². The third-order valence-electron chi connectivity index (χ3n) is 3.10. The molecule has 0 aliphatic carbocycles. The van der Waals surface area contributed by atoms with Crippen LogP contribution < -0.4 is 5.69 Å². The van der Waals surface area contributed by atoms with Crippen LogP contribution in [0.5, 0.6) is 0 Å². The van der Waals surface area contributed by atoms with Crippen LogP contribution in [0.1, 0.15) is 0 Å². The molecule has 0 saturated carbocycles. The first-order valence-corrected chi connectivity index (χ1v) is 5.81. The van der Waals surface area contributed by atoms with Crippen molar-refractivity contribution >= 4 is 22.2 Å². The van der Waals surface area contributed by atoms with E-state index in [0.717, 1.165) is 22.2 Å². The number of pyridine rings is 2. The van der Waals surface area contributed by atoms with Crippen LogP contribution in [0.4, 0.5) is 0 Å². The van der Waals surface area contributed by atoms with E-state index in [9.17, 15) is 4.79 Å². The molecule has 3 N–H and O–H groups in total. The van der Waals surface area contributed by atoms with Crippen molar-refractivity contribution in [1.29, 1.82) is 0 Å². The van der Waals surface area contributed by atoms with E-state index in [1.807, 2.05) is 24.4 Å². The second kappa shape index (κ2) is 3.55. The van der Waals surface area contributed by atoms with Crippen LogP contribution in [-0.4, -0.2) is 24.9 Å². The first-order chi connectivity index (χ1) is 9.29. The maximum absolute atomic E-state index is 11.2. The normalized spacial score (nSPS) is 11.4. The van der Waals surface area contributed by atoms with Crippen molar-refractivity contribution in [1.82, 2.24) is 24.9 Å². The van der Waals surface area contributed by atoms with Crippen molar-refractivity contribution in [2.45, 2.75) is 0 Å². The third-order valence-corrected chi connectivity index (χ3v) is 3.10. The molecule has 4 rings (SSSR count). The fourth-order valence-electron chi connectivity index (χ4n) is 2.18. The minimum absolute atomic E-state index is 0.251. The van der Waals surface area contributed by atoms with E-state index in [1.165, 1.54) is 0 Å². The molecule has 0 spiro atoms. The van der Waals surface area contributed by atoms with Crippen molar-refractivity contribution < 1.29 is 0 Å². The molecule has 4 aromatic rings. The van der Waals surface area contributed by atoms with Gasteiger partial charge in [-0.2, -0.15) is 0 Å². The predicted molar refractivity (Wildman–Crippen MR) is 71.8 cm³/mol. The summed E-state index contributed by atoms with van der Waals surface area (Å²) >= 11 is 0. The van der Waals surface area contributed by atoms with Crippen molar-refractivity contribution in [2.75, 3.05) is 0 Å². The van der Waals surface area contributed by atoms with Crippen molar-refractivity contribution in [2.24, 2.45) is 0 Å². The van der Waals surface area contributed by atoms with Crippen LogP contribution in [0.25, 0.3) is 33.3 Å². The zero-order valence-electron chi connectivity index (χ0n) is 9.77. The number of H-pyrrole nitrogens is 3. The number of aromatic amines is 3. The van der Waals surface area contributed by atoms with Crippen LogP contribution in [0.3, 0.4) is 0 Å². The monoisotopic (exact) mass is 251 g/mol. The number of nitrogens with zero attached hydrogens (tertiary/aromatic N) is 2. The topological polar surface area (TPSA) is 90.2 Å². The highest BCUT2D eigenvalue weighted by Gasteiger charge is 2.05. The summed E-state index contributed by atoms with van der Waals surface area (Å²) in [6.07, 6.45) is 5.36. The van der Waals surface area contributed by atoms with Gasteiger partial charge in [0, 0.05) is 35.1 Å². The molecule has 0 aliphatic heterocycles. The molecule has 0 radical (unpaired) electrons. The number of fused-ring (bicyclic) bond motifs is 2. The van der Waals surface area contributed by atoms with Crippen LogP contribution >= 0.6 is 0 Å². The minimum atomic E-state index is -0.251. The van der Waals surface area contributed by atoms with E-state index in [-0.39, 0.29) is 5.69 Å². The van der Waals surface area contributed by atoms with Gasteiger partial charge >= 0.3 is 5.69 Å². The third kappa shape index (κ3) is 1.54. The lowest BCUT2D eigenvalue weighted by Gasteiger charge is -2.01. The molecule has 6 heteroatoms. The predicted octanol–water partition coefficient (Wildman–Crippen LogP) is 1.79. The van der Waals surface area contributed by atoms with Gasteiger partial charge < -0.3 is 9.97 Å². The van der Waals surface area contributed by atoms with Gasteiger partial charge in [-0.15, -0.1) is 0 Å². The van der Waals surface area contributed by atoms with E-state index < -0.39 is 0 Å². The molecule has 6 nitrogen and oxygen atoms in total. The highest BCUT2D eigenvalue weighted by molar-refractivity contribution is 5.83. The average Bonchev–Trinajstić information content (AvgIpc) is 3.01. The SMILES string of the molecule is O=c1[nH]c2cc(-c3cnc4[nH]ccc4c3)cnc2[nH]1. The van der Waals surface area contributed by atoms with Gasteiger partial charge in [0.2, 0.25) is 0 Å². The molecule has 0 aliphatic rings. The van der Waals surface area contributed by atoms with Crippen molar-refractivity contribution in [3.8, 4) is 11.1 Å². The average molecular weight is 251 g/mol. The van der Waals surface area contributed by atoms with Gasteiger partial charge in [-0.25, -0.2) is 14.8 Å². The Hall–Kier alpha value is -2.89. The number of aromatic nitrogens is 5. The number of nitrogens with one attached hydrogen (secondary N) is 3. The molecule has 0 atom stereocenters. The van der Waals surface area contributed by atoms with Crippen LogP contribution in [0, 0.1) is 0 Å². The lowest BCUT2D eigenvalue weighted by atomic mass is 10.1. The molecule has 0 unspecified atom stereocenters. The zero-order chi connectivity index (χ0) is 12.8. The van der Waals surface area contributed by atoms with Gasteiger partial charge in [-0.1, -0.05) is 0 Å². The summed E-state index contributed by atoms with van der Waals surface area (Å²) in [5.41, 5.74) is 3.73. The first-order valence-electron chi connectivity index (χ1n) is 5.81. The Morgan fingerprint density at radius 2 is 1.74 bits per heavy atom. The number of hydrogen-bond acceptors (Lipinski definition) is 3. The Morgan fingerprint density at radius 1 is 0.947 bits per heavy atom. The summed E-state index contributed by atoms with van der Waals surface area (Å²) in [5.74, 6) is 0. The van der Waals surface area contributed by atoms with Crippen molar-refractivity contribution in [3.63, 3.8) is 0 Å². The number of hydrogen-bond donors (Lipinski definition) is 3. The highest BCUT2D eigenvalue weighted by atomic mass is 16.1. The molecule has 4 aromatic heterocycles. The Balaban J connectivity index is 1.94. The summed E-state index contributed by atoms with van der Waals surface area (Å²) in [6, 6.07) is 5.89. The first kappa shape index (κ1) is 10.1. The van der Waals surface area contributed by atoms with Crippen LogP contribution in [0.15, 0.2) is 41.6 Å².